The molecule has 0 saturated heterocycles. The summed E-state index contributed by atoms with van der Waals surface area (Å²) in [6, 6.07) is 25.3. The van der Waals surface area contributed by atoms with Crippen LogP contribution >= 0.6 is 0 Å². The smallest absolute Gasteiger partial charge is 0.243 e. The number of aromatic nitrogens is 1. The van der Waals surface area contributed by atoms with Crippen molar-refractivity contribution in [2.24, 2.45) is 0 Å². The summed E-state index contributed by atoms with van der Waals surface area (Å²) in [4.78, 5) is 16.3. The lowest BCUT2D eigenvalue weighted by atomic mass is 10.1. The topological polar surface area (TPSA) is 63.2 Å². The predicted molar refractivity (Wildman–Crippen MR) is 116 cm³/mol. The van der Waals surface area contributed by atoms with Gasteiger partial charge < -0.3 is 15.4 Å². The summed E-state index contributed by atoms with van der Waals surface area (Å²) in [5, 5.41) is 8.11. The van der Waals surface area contributed by atoms with Gasteiger partial charge in [0.05, 0.1) is 6.54 Å². The number of nitrogens with zero attached hydrogens (tertiary/aromatic N) is 1. The van der Waals surface area contributed by atoms with E-state index in [9.17, 15) is 4.79 Å². The zero-order valence-electron chi connectivity index (χ0n) is 15.8. The zero-order chi connectivity index (χ0) is 19.9. The van der Waals surface area contributed by atoms with E-state index in [1.54, 1.807) is 12.4 Å². The van der Waals surface area contributed by atoms with Crippen LogP contribution in [0.15, 0.2) is 91.3 Å². The summed E-state index contributed by atoms with van der Waals surface area (Å²) in [6.45, 7) is 0.705. The number of fused-ring (bicyclic) bond motifs is 1. The second-order valence-corrected chi connectivity index (χ2v) is 6.64. The number of pyridine rings is 1. The van der Waals surface area contributed by atoms with Gasteiger partial charge in [0.2, 0.25) is 5.91 Å². The summed E-state index contributed by atoms with van der Waals surface area (Å²) in [7, 11) is 0. The highest BCUT2D eigenvalue weighted by molar-refractivity contribution is 5.96. The number of anilines is 2. The normalized spacial score (nSPS) is 10.5. The minimum atomic E-state index is -0.109. The van der Waals surface area contributed by atoms with Crippen molar-refractivity contribution < 1.29 is 9.53 Å². The van der Waals surface area contributed by atoms with Gasteiger partial charge in [-0.25, -0.2) is 0 Å². The molecule has 0 fully saturated rings. The number of ether oxygens (including phenoxy) is 1. The lowest BCUT2D eigenvalue weighted by Gasteiger charge is -2.10. The molecule has 144 valence electrons. The highest BCUT2D eigenvalue weighted by Gasteiger charge is 2.04. The van der Waals surface area contributed by atoms with Gasteiger partial charge in [-0.1, -0.05) is 36.4 Å². The average Bonchev–Trinajstić information content (AvgIpc) is 2.77. The fourth-order valence-corrected chi connectivity index (χ4v) is 2.96. The lowest BCUT2D eigenvalue weighted by Crippen LogP contribution is -2.21. The molecule has 1 heterocycles. The summed E-state index contributed by atoms with van der Waals surface area (Å²) in [5.41, 5.74) is 2.74. The molecule has 0 radical (unpaired) electrons. The van der Waals surface area contributed by atoms with Gasteiger partial charge in [-0.05, 0) is 53.4 Å². The van der Waals surface area contributed by atoms with E-state index in [-0.39, 0.29) is 12.5 Å². The van der Waals surface area contributed by atoms with Gasteiger partial charge in [-0.2, -0.15) is 0 Å². The first kappa shape index (κ1) is 18.5. The monoisotopic (exact) mass is 383 g/mol. The zero-order valence-corrected chi connectivity index (χ0v) is 15.8. The van der Waals surface area contributed by atoms with Gasteiger partial charge in [-0.3, -0.25) is 9.78 Å². The molecular formula is C24H21N3O2. The van der Waals surface area contributed by atoms with Gasteiger partial charge in [0.1, 0.15) is 12.4 Å². The number of rotatable bonds is 7. The molecular weight excluding hydrogens is 362 g/mol. The van der Waals surface area contributed by atoms with E-state index in [0.717, 1.165) is 33.5 Å². The molecule has 5 heteroatoms. The van der Waals surface area contributed by atoms with Gasteiger partial charge in [0.15, 0.2) is 0 Å². The van der Waals surface area contributed by atoms with Crippen molar-refractivity contribution >= 4 is 28.1 Å². The summed E-state index contributed by atoms with van der Waals surface area (Å²) >= 11 is 0. The lowest BCUT2D eigenvalue weighted by molar-refractivity contribution is -0.114. The van der Waals surface area contributed by atoms with Crippen molar-refractivity contribution in [1.29, 1.82) is 0 Å². The molecule has 0 atom stereocenters. The molecule has 2 N–H and O–H groups in total. The fraction of sp³-hybridized carbons (Fsp3) is 0.0833. The molecule has 4 aromatic rings. The van der Waals surface area contributed by atoms with Gasteiger partial charge in [-0.15, -0.1) is 0 Å². The van der Waals surface area contributed by atoms with Gasteiger partial charge in [0, 0.05) is 29.2 Å². The standard InChI is InChI=1S/C24H21N3O2/c28-24(27-22-7-6-20-15-25-13-12-19(20)14-22)16-26-21-8-10-23(11-9-21)29-17-18-4-2-1-3-5-18/h1-15,26H,16-17H2,(H,27,28). The van der Waals surface area contributed by atoms with E-state index < -0.39 is 0 Å². The van der Waals surface area contributed by atoms with Crippen LogP contribution < -0.4 is 15.4 Å². The highest BCUT2D eigenvalue weighted by atomic mass is 16.5. The third kappa shape index (κ3) is 5.11. The van der Waals surface area contributed by atoms with Crippen molar-refractivity contribution in [2.45, 2.75) is 6.61 Å². The second-order valence-electron chi connectivity index (χ2n) is 6.64. The van der Waals surface area contributed by atoms with E-state index >= 15 is 0 Å². The number of carbonyl (C=O) groups excluding carboxylic acids is 1. The number of amides is 1. The quantitative estimate of drug-likeness (QED) is 0.478. The fourth-order valence-electron chi connectivity index (χ4n) is 2.96. The molecule has 0 aliphatic heterocycles. The summed E-state index contributed by atoms with van der Waals surface area (Å²) < 4.78 is 5.78. The third-order valence-electron chi connectivity index (χ3n) is 4.48. The highest BCUT2D eigenvalue weighted by Crippen LogP contribution is 2.19. The van der Waals surface area contributed by atoms with Crippen LogP contribution in [-0.2, 0) is 11.4 Å². The van der Waals surface area contributed by atoms with Gasteiger partial charge >= 0.3 is 0 Å². The Hall–Kier alpha value is -3.86. The Morgan fingerprint density at radius 1 is 0.862 bits per heavy atom. The molecule has 0 bridgehead atoms. The molecule has 0 aliphatic carbocycles. The van der Waals surface area contributed by atoms with Crippen LogP contribution in [0.4, 0.5) is 11.4 Å². The molecule has 0 saturated carbocycles. The minimum Gasteiger partial charge on any atom is -0.489 e. The van der Waals surface area contributed by atoms with E-state index in [2.05, 4.69) is 15.6 Å². The third-order valence-corrected chi connectivity index (χ3v) is 4.48. The van der Waals surface area contributed by atoms with E-state index in [4.69, 9.17) is 4.74 Å². The van der Waals surface area contributed by atoms with Crippen LogP contribution in [0.2, 0.25) is 0 Å². The molecule has 1 aromatic heterocycles. The van der Waals surface area contributed by atoms with Crippen LogP contribution in [0.25, 0.3) is 10.8 Å². The maximum Gasteiger partial charge on any atom is 0.243 e. The van der Waals surface area contributed by atoms with Crippen molar-refractivity contribution in [3.63, 3.8) is 0 Å². The predicted octanol–water partition coefficient (Wildman–Crippen LogP) is 4.86. The van der Waals surface area contributed by atoms with Crippen LogP contribution in [-0.4, -0.2) is 17.4 Å². The van der Waals surface area contributed by atoms with E-state index in [0.29, 0.717) is 6.61 Å². The number of benzene rings is 3. The van der Waals surface area contributed by atoms with Crippen LogP contribution in [0, 0.1) is 0 Å². The Kier molecular flexibility index (Phi) is 5.67. The van der Waals surface area contributed by atoms with Crippen molar-refractivity contribution in [1.82, 2.24) is 4.98 Å². The van der Waals surface area contributed by atoms with Crippen molar-refractivity contribution in [2.75, 3.05) is 17.2 Å². The molecule has 29 heavy (non-hydrogen) atoms. The molecule has 0 spiro atoms. The van der Waals surface area contributed by atoms with E-state index in [1.165, 1.54) is 0 Å². The van der Waals surface area contributed by atoms with Gasteiger partial charge in [0.25, 0.3) is 0 Å². The van der Waals surface area contributed by atoms with Crippen molar-refractivity contribution in [3.05, 3.63) is 96.8 Å². The van der Waals surface area contributed by atoms with Crippen LogP contribution in [0.3, 0.4) is 0 Å². The molecule has 3 aromatic carbocycles. The molecule has 0 unspecified atom stereocenters. The Morgan fingerprint density at radius 2 is 1.66 bits per heavy atom. The molecule has 0 aliphatic rings. The number of carbonyl (C=O) groups is 1. The molecule has 4 rings (SSSR count). The van der Waals surface area contributed by atoms with Crippen LogP contribution in [0.5, 0.6) is 5.75 Å². The Bertz CT molecular complexity index is 1100. The Labute approximate surface area is 169 Å². The molecule has 1 amide bonds. The first-order valence-corrected chi connectivity index (χ1v) is 9.40. The maximum absolute atomic E-state index is 12.2. The maximum atomic E-state index is 12.2. The summed E-state index contributed by atoms with van der Waals surface area (Å²) in [5.74, 6) is 0.678. The summed E-state index contributed by atoms with van der Waals surface area (Å²) in [6.07, 6.45) is 3.54. The number of hydrogen-bond donors (Lipinski definition) is 2. The Balaban J connectivity index is 1.27. The SMILES string of the molecule is O=C(CNc1ccc(OCc2ccccc2)cc1)Nc1ccc2cnccc2c1. The number of hydrogen-bond acceptors (Lipinski definition) is 4. The second kappa shape index (κ2) is 8.89. The molecule has 5 nitrogen and oxygen atoms in total. The largest absolute Gasteiger partial charge is 0.489 e. The average molecular weight is 383 g/mol. The minimum absolute atomic E-state index is 0.109. The van der Waals surface area contributed by atoms with Crippen LogP contribution in [0.1, 0.15) is 5.56 Å². The van der Waals surface area contributed by atoms with Crippen molar-refractivity contribution in [3.8, 4) is 5.75 Å². The first-order valence-electron chi connectivity index (χ1n) is 9.40. The first-order chi connectivity index (χ1) is 14.3. The Morgan fingerprint density at radius 3 is 2.48 bits per heavy atom. The number of nitrogens with one attached hydrogen (secondary N) is 2. The van der Waals surface area contributed by atoms with E-state index in [1.807, 2.05) is 78.9 Å².